The van der Waals surface area contributed by atoms with E-state index in [4.69, 9.17) is 11.6 Å². The minimum atomic E-state index is -1.75. The second-order valence-corrected chi connectivity index (χ2v) is 10.3. The maximum atomic E-state index is 14.9. The highest BCUT2D eigenvalue weighted by atomic mass is 35.5. The molecule has 3 aromatic carbocycles. The van der Waals surface area contributed by atoms with Crippen LogP contribution in [0.3, 0.4) is 0 Å². The molecule has 0 aliphatic carbocycles. The number of halogens is 3. The molecular weight excluding hydrogens is 518 g/mol. The summed E-state index contributed by atoms with van der Waals surface area (Å²) in [7, 11) is 0. The molecule has 190 valence electrons. The van der Waals surface area contributed by atoms with Crippen LogP contribution in [-0.2, 0) is 17.9 Å². The van der Waals surface area contributed by atoms with Gasteiger partial charge in [-0.25, -0.2) is 13.5 Å². The van der Waals surface area contributed by atoms with Crippen LogP contribution in [0.25, 0.3) is 10.9 Å². The van der Waals surface area contributed by atoms with E-state index in [1.165, 1.54) is 18.2 Å². The summed E-state index contributed by atoms with van der Waals surface area (Å²) >= 11 is 4.12. The lowest BCUT2D eigenvalue weighted by atomic mass is 10.1. The lowest BCUT2D eigenvalue weighted by Crippen LogP contribution is -2.48. The number of fused-ring (bicyclic) bond motifs is 1. The van der Waals surface area contributed by atoms with Gasteiger partial charge in [-0.2, -0.15) is 0 Å². The van der Waals surface area contributed by atoms with Gasteiger partial charge in [0.15, 0.2) is 5.82 Å². The van der Waals surface area contributed by atoms with E-state index in [0.717, 1.165) is 17.0 Å². The van der Waals surface area contributed by atoms with Gasteiger partial charge >= 0.3 is 0 Å². The number of nitrogens with zero attached hydrogens (tertiary/aromatic N) is 3. The molecule has 0 saturated carbocycles. The molecule has 1 unspecified atom stereocenters. The van der Waals surface area contributed by atoms with Crippen molar-refractivity contribution in [3.8, 4) is 0 Å². The third-order valence-corrected chi connectivity index (χ3v) is 7.69. The smallest absolute Gasteiger partial charge is 0.254 e. The van der Waals surface area contributed by atoms with Crippen molar-refractivity contribution in [2.24, 2.45) is 0 Å². The first kappa shape index (κ1) is 25.4. The predicted molar refractivity (Wildman–Crippen MR) is 141 cm³/mol. The van der Waals surface area contributed by atoms with Gasteiger partial charge in [-0.1, -0.05) is 35.9 Å². The second-order valence-electron chi connectivity index (χ2n) is 8.71. The highest BCUT2D eigenvalue weighted by Gasteiger charge is 2.24. The Kier molecular flexibility index (Phi) is 7.57. The Morgan fingerprint density at radius 3 is 2.54 bits per heavy atom. The van der Waals surface area contributed by atoms with Gasteiger partial charge in [0.05, 0.1) is 5.02 Å². The van der Waals surface area contributed by atoms with E-state index in [9.17, 15) is 18.1 Å². The Bertz CT molecular complexity index is 1440. The Labute approximate surface area is 221 Å². The molecule has 0 bridgehead atoms. The van der Waals surface area contributed by atoms with Gasteiger partial charge in [-0.15, -0.1) is 0 Å². The van der Waals surface area contributed by atoms with Crippen molar-refractivity contribution < 1.29 is 18.1 Å². The number of carbonyl (C=O) groups excluding carboxylic acids is 1. The average Bonchev–Trinajstić information content (AvgIpc) is 2.91. The Morgan fingerprint density at radius 1 is 1.00 bits per heavy atom. The van der Waals surface area contributed by atoms with Gasteiger partial charge < -0.3 is 9.45 Å². The van der Waals surface area contributed by atoms with Crippen LogP contribution in [-0.4, -0.2) is 51.4 Å². The minimum absolute atomic E-state index is 0.0330. The maximum Gasteiger partial charge on any atom is 0.254 e. The zero-order valence-electron chi connectivity index (χ0n) is 19.7. The van der Waals surface area contributed by atoms with Gasteiger partial charge in [-0.3, -0.25) is 14.7 Å². The molecule has 6 nitrogen and oxygen atoms in total. The van der Waals surface area contributed by atoms with Gasteiger partial charge in [0.2, 0.25) is 4.90 Å². The standard InChI is InChI=1S/C27H23ClF2N4O2S/c28-21-15-18(6-8-22(21)29)17-33-11-13-34(14-12-33)27(35)20-7-9-24(23(30)16-20)32-37(36)25-5-1-3-19-4-2-10-31-26(19)25/h1-10,15-16,32H,11-14,17H2. The molecule has 0 radical (unpaired) electrons. The first-order chi connectivity index (χ1) is 17.9. The van der Waals surface area contributed by atoms with E-state index in [1.54, 1.807) is 41.4 Å². The Morgan fingerprint density at radius 2 is 1.78 bits per heavy atom. The largest absolute Gasteiger partial charge is 0.588 e. The molecule has 1 aliphatic heterocycles. The molecule has 1 amide bonds. The Hall–Kier alpha value is -3.24. The summed E-state index contributed by atoms with van der Waals surface area (Å²) in [5.74, 6) is -1.39. The van der Waals surface area contributed by atoms with Crippen LogP contribution >= 0.6 is 11.6 Å². The molecule has 1 saturated heterocycles. The van der Waals surface area contributed by atoms with Crippen molar-refractivity contribution in [1.82, 2.24) is 14.8 Å². The van der Waals surface area contributed by atoms with Crippen molar-refractivity contribution in [3.05, 3.63) is 101 Å². The van der Waals surface area contributed by atoms with Gasteiger partial charge in [0, 0.05) is 49.9 Å². The third-order valence-electron chi connectivity index (χ3n) is 6.26. The molecule has 4 aromatic rings. The highest BCUT2D eigenvalue weighted by molar-refractivity contribution is 7.93. The molecule has 37 heavy (non-hydrogen) atoms. The van der Waals surface area contributed by atoms with Gasteiger partial charge in [-0.05, 0) is 48.0 Å². The molecule has 2 heterocycles. The van der Waals surface area contributed by atoms with Crippen molar-refractivity contribution in [2.75, 3.05) is 30.9 Å². The summed E-state index contributed by atoms with van der Waals surface area (Å²) < 4.78 is 43.9. The number of pyridine rings is 1. The number of carbonyl (C=O) groups is 1. The molecule has 10 heteroatoms. The number of amides is 1. The van der Waals surface area contributed by atoms with Crippen molar-refractivity contribution in [3.63, 3.8) is 0 Å². The van der Waals surface area contributed by atoms with E-state index < -0.39 is 23.0 Å². The summed E-state index contributed by atoms with van der Waals surface area (Å²) in [6, 6.07) is 17.7. The number of nitrogens with one attached hydrogen (secondary N) is 1. The van der Waals surface area contributed by atoms with E-state index in [1.807, 2.05) is 12.1 Å². The second kappa shape index (κ2) is 11.0. The average molecular weight is 541 g/mol. The van der Waals surface area contributed by atoms with Crippen LogP contribution in [0.1, 0.15) is 15.9 Å². The Balaban J connectivity index is 1.21. The zero-order valence-corrected chi connectivity index (χ0v) is 21.2. The summed E-state index contributed by atoms with van der Waals surface area (Å²) in [5.41, 5.74) is 1.72. The first-order valence-corrected chi connectivity index (χ1v) is 13.2. The van der Waals surface area contributed by atoms with E-state index >= 15 is 0 Å². The normalized spacial score (nSPS) is 15.1. The third kappa shape index (κ3) is 5.70. The number of hydrogen-bond donors (Lipinski definition) is 1. The van der Waals surface area contributed by atoms with E-state index in [2.05, 4.69) is 14.6 Å². The number of para-hydroxylation sites is 1. The van der Waals surface area contributed by atoms with Crippen LogP contribution in [0.15, 0.2) is 77.8 Å². The van der Waals surface area contributed by atoms with Crippen molar-refractivity contribution in [2.45, 2.75) is 11.4 Å². The molecule has 1 aromatic heterocycles. The lowest BCUT2D eigenvalue weighted by Gasteiger charge is -2.34. The van der Waals surface area contributed by atoms with Crippen LogP contribution in [0, 0.1) is 11.6 Å². The fourth-order valence-corrected chi connectivity index (χ4v) is 5.53. The van der Waals surface area contributed by atoms with Crippen molar-refractivity contribution >= 4 is 45.5 Å². The van der Waals surface area contributed by atoms with Crippen LogP contribution in [0.5, 0.6) is 0 Å². The van der Waals surface area contributed by atoms with Crippen LogP contribution in [0.4, 0.5) is 14.5 Å². The molecule has 0 spiro atoms. The number of rotatable bonds is 6. The fraction of sp³-hybridized carbons (Fsp3) is 0.185. The summed E-state index contributed by atoms with van der Waals surface area (Å²) in [4.78, 5) is 21.6. The van der Waals surface area contributed by atoms with Gasteiger partial charge in [0.1, 0.15) is 28.4 Å². The zero-order chi connectivity index (χ0) is 25.9. The van der Waals surface area contributed by atoms with Crippen molar-refractivity contribution in [1.29, 1.82) is 0 Å². The number of benzene rings is 3. The van der Waals surface area contributed by atoms with Crippen LogP contribution in [0.2, 0.25) is 5.02 Å². The topological polar surface area (TPSA) is 71.5 Å². The predicted octanol–water partition coefficient (Wildman–Crippen LogP) is 5.26. The molecule has 1 fully saturated rings. The number of piperazine rings is 1. The van der Waals surface area contributed by atoms with E-state index in [-0.39, 0.29) is 22.2 Å². The number of anilines is 1. The monoisotopic (exact) mass is 540 g/mol. The summed E-state index contributed by atoms with van der Waals surface area (Å²) in [5, 5.41) is 0.919. The molecule has 1 atom stereocenters. The molecule has 1 aliphatic rings. The molecular formula is C27H23ClF2N4O2S. The minimum Gasteiger partial charge on any atom is -0.588 e. The van der Waals surface area contributed by atoms with E-state index in [0.29, 0.717) is 43.1 Å². The number of hydrogen-bond acceptors (Lipinski definition) is 5. The van der Waals surface area contributed by atoms with Gasteiger partial charge in [0.25, 0.3) is 5.91 Å². The maximum absolute atomic E-state index is 14.9. The SMILES string of the molecule is O=C(c1ccc(N[S+]([O-])c2cccc3cccnc23)c(F)c1)N1CCN(Cc2ccc(F)c(Cl)c2)CC1. The van der Waals surface area contributed by atoms with Crippen LogP contribution < -0.4 is 4.72 Å². The lowest BCUT2D eigenvalue weighted by molar-refractivity contribution is 0.0628. The first-order valence-electron chi connectivity index (χ1n) is 11.7. The molecule has 1 N–H and O–H groups in total. The summed E-state index contributed by atoms with van der Waals surface area (Å²) in [6.07, 6.45) is 1.61. The highest BCUT2D eigenvalue weighted by Crippen LogP contribution is 2.25. The fourth-order valence-electron chi connectivity index (χ4n) is 4.30. The summed E-state index contributed by atoms with van der Waals surface area (Å²) in [6.45, 7) is 2.81. The molecule has 5 rings (SSSR count). The number of aromatic nitrogens is 1. The quantitative estimate of drug-likeness (QED) is 0.338.